The predicted octanol–water partition coefficient (Wildman–Crippen LogP) is 2.11. The average Bonchev–Trinajstić information content (AvgIpc) is 3.39. The van der Waals surface area contributed by atoms with Crippen molar-refractivity contribution in [3.05, 3.63) is 59.0 Å². The number of amides is 3. The summed E-state index contributed by atoms with van der Waals surface area (Å²) in [5, 5.41) is 13.0. The van der Waals surface area contributed by atoms with Crippen molar-refractivity contribution in [1.29, 1.82) is 0 Å². The SMILES string of the molecule is CC1(c2ccc3c(c2)CCC3)NC(=O)N(CC(O)COCc2ccco2)C1=O. The number of benzene rings is 1. The van der Waals surface area contributed by atoms with E-state index in [4.69, 9.17) is 9.15 Å². The minimum atomic E-state index is -1.12. The highest BCUT2D eigenvalue weighted by Crippen LogP contribution is 2.32. The molecule has 1 aliphatic carbocycles. The maximum atomic E-state index is 13.0. The number of nitrogens with zero attached hydrogens (tertiary/aromatic N) is 1. The van der Waals surface area contributed by atoms with E-state index >= 15 is 0 Å². The molecule has 4 rings (SSSR count). The Balaban J connectivity index is 1.40. The van der Waals surface area contributed by atoms with Crippen molar-refractivity contribution in [1.82, 2.24) is 10.2 Å². The molecule has 2 aliphatic rings. The molecule has 1 aliphatic heterocycles. The first-order valence-corrected chi connectivity index (χ1v) is 9.52. The fraction of sp³-hybridized carbons (Fsp3) is 0.429. The summed E-state index contributed by atoms with van der Waals surface area (Å²) in [5.41, 5.74) is 2.21. The molecule has 3 amide bonds. The Kier molecular flexibility index (Phi) is 4.95. The lowest BCUT2D eigenvalue weighted by molar-refractivity contribution is -0.132. The van der Waals surface area contributed by atoms with Crippen LogP contribution in [0.1, 0.15) is 35.8 Å². The van der Waals surface area contributed by atoms with Crippen molar-refractivity contribution in [2.24, 2.45) is 0 Å². The molecule has 1 aromatic heterocycles. The van der Waals surface area contributed by atoms with Gasteiger partial charge in [0.25, 0.3) is 5.91 Å². The largest absolute Gasteiger partial charge is 0.467 e. The lowest BCUT2D eigenvalue weighted by Crippen LogP contribution is -2.42. The molecule has 0 spiro atoms. The maximum Gasteiger partial charge on any atom is 0.325 e. The third-order valence-electron chi connectivity index (χ3n) is 5.48. The quantitative estimate of drug-likeness (QED) is 0.714. The molecule has 0 radical (unpaired) electrons. The van der Waals surface area contributed by atoms with Crippen molar-refractivity contribution >= 4 is 11.9 Å². The predicted molar refractivity (Wildman–Crippen MR) is 100 cm³/mol. The topological polar surface area (TPSA) is 92.0 Å². The zero-order chi connectivity index (χ0) is 19.7. The third kappa shape index (κ3) is 3.43. The smallest absolute Gasteiger partial charge is 0.325 e. The highest BCUT2D eigenvalue weighted by Gasteiger charge is 2.49. The van der Waals surface area contributed by atoms with E-state index in [0.717, 1.165) is 29.7 Å². The Morgan fingerprint density at radius 2 is 2.11 bits per heavy atom. The van der Waals surface area contributed by atoms with Gasteiger partial charge >= 0.3 is 6.03 Å². The number of carbonyl (C=O) groups is 2. The number of furan rings is 1. The summed E-state index contributed by atoms with van der Waals surface area (Å²) >= 11 is 0. The highest BCUT2D eigenvalue weighted by atomic mass is 16.5. The van der Waals surface area contributed by atoms with E-state index < -0.39 is 17.7 Å². The van der Waals surface area contributed by atoms with Crippen LogP contribution < -0.4 is 5.32 Å². The van der Waals surface area contributed by atoms with Crippen LogP contribution in [0.5, 0.6) is 0 Å². The van der Waals surface area contributed by atoms with Crippen molar-refractivity contribution in [3.63, 3.8) is 0 Å². The Morgan fingerprint density at radius 1 is 1.29 bits per heavy atom. The van der Waals surface area contributed by atoms with Crippen LogP contribution in [-0.2, 0) is 34.5 Å². The van der Waals surface area contributed by atoms with Gasteiger partial charge in [-0.2, -0.15) is 0 Å². The van der Waals surface area contributed by atoms with Gasteiger partial charge in [0.2, 0.25) is 0 Å². The Morgan fingerprint density at radius 3 is 2.89 bits per heavy atom. The number of aryl methyl sites for hydroxylation is 2. The number of nitrogens with one attached hydrogen (secondary N) is 1. The number of urea groups is 1. The highest BCUT2D eigenvalue weighted by molar-refractivity contribution is 6.07. The molecule has 1 saturated heterocycles. The molecule has 0 saturated carbocycles. The van der Waals surface area contributed by atoms with Crippen LogP contribution in [0.15, 0.2) is 41.0 Å². The molecule has 2 unspecified atom stereocenters. The number of hydrogen-bond acceptors (Lipinski definition) is 5. The first kappa shape index (κ1) is 18.7. The van der Waals surface area contributed by atoms with Crippen molar-refractivity contribution in [3.8, 4) is 0 Å². The van der Waals surface area contributed by atoms with E-state index in [1.165, 1.54) is 11.1 Å². The minimum Gasteiger partial charge on any atom is -0.467 e. The van der Waals surface area contributed by atoms with E-state index in [2.05, 4.69) is 5.32 Å². The fourth-order valence-electron chi connectivity index (χ4n) is 3.89. The summed E-state index contributed by atoms with van der Waals surface area (Å²) in [6.45, 7) is 1.80. The van der Waals surface area contributed by atoms with E-state index in [-0.39, 0.29) is 25.7 Å². The summed E-state index contributed by atoms with van der Waals surface area (Å²) < 4.78 is 10.5. The number of hydrogen-bond donors (Lipinski definition) is 2. The Labute approximate surface area is 163 Å². The van der Waals surface area contributed by atoms with Gasteiger partial charge in [-0.25, -0.2) is 4.79 Å². The fourth-order valence-corrected chi connectivity index (χ4v) is 3.89. The molecule has 28 heavy (non-hydrogen) atoms. The lowest BCUT2D eigenvalue weighted by atomic mass is 9.89. The van der Waals surface area contributed by atoms with Crippen molar-refractivity contribution in [2.75, 3.05) is 13.2 Å². The first-order valence-electron chi connectivity index (χ1n) is 9.52. The van der Waals surface area contributed by atoms with Crippen LogP contribution in [0.3, 0.4) is 0 Å². The number of carbonyl (C=O) groups excluding carboxylic acids is 2. The monoisotopic (exact) mass is 384 g/mol. The number of aliphatic hydroxyl groups excluding tert-OH is 1. The molecule has 7 nitrogen and oxygen atoms in total. The number of ether oxygens (including phenoxy) is 1. The summed E-state index contributed by atoms with van der Waals surface area (Å²) in [6.07, 6.45) is 3.74. The van der Waals surface area contributed by atoms with Gasteiger partial charge in [-0.3, -0.25) is 9.69 Å². The Hall–Kier alpha value is -2.64. The maximum absolute atomic E-state index is 13.0. The molecule has 2 heterocycles. The summed E-state index contributed by atoms with van der Waals surface area (Å²) in [7, 11) is 0. The van der Waals surface area contributed by atoms with Crippen LogP contribution in [0.2, 0.25) is 0 Å². The van der Waals surface area contributed by atoms with Crippen molar-refractivity contribution < 1.29 is 23.8 Å². The van der Waals surface area contributed by atoms with Crippen LogP contribution in [0, 0.1) is 0 Å². The second-order valence-electron chi connectivity index (χ2n) is 7.56. The van der Waals surface area contributed by atoms with Crippen LogP contribution in [-0.4, -0.2) is 41.2 Å². The summed E-state index contributed by atoms with van der Waals surface area (Å²) in [6, 6.07) is 9.00. The van der Waals surface area contributed by atoms with Crippen LogP contribution in [0.4, 0.5) is 4.79 Å². The van der Waals surface area contributed by atoms with Crippen LogP contribution >= 0.6 is 0 Å². The molecular formula is C21H24N2O5. The molecule has 7 heteroatoms. The molecule has 1 fully saturated rings. The molecular weight excluding hydrogens is 360 g/mol. The molecule has 0 bridgehead atoms. The number of β-amino-alcohol motifs (C(OH)–C–C–N with tert-alkyl or cyclic N) is 1. The van der Waals surface area contributed by atoms with E-state index in [9.17, 15) is 14.7 Å². The van der Waals surface area contributed by atoms with Gasteiger partial charge in [-0.05, 0) is 55.0 Å². The van der Waals surface area contributed by atoms with Gasteiger partial charge in [0.1, 0.15) is 17.9 Å². The molecule has 2 aromatic rings. The third-order valence-corrected chi connectivity index (χ3v) is 5.48. The van der Waals surface area contributed by atoms with Gasteiger partial charge in [0, 0.05) is 0 Å². The van der Waals surface area contributed by atoms with Crippen molar-refractivity contribution in [2.45, 2.75) is 44.4 Å². The number of rotatable bonds is 7. The summed E-state index contributed by atoms with van der Waals surface area (Å²) in [4.78, 5) is 26.5. The van der Waals surface area contributed by atoms with Gasteiger partial charge in [0.15, 0.2) is 0 Å². The molecule has 148 valence electrons. The molecule has 2 N–H and O–H groups in total. The van der Waals surface area contributed by atoms with E-state index in [1.54, 1.807) is 25.3 Å². The lowest BCUT2D eigenvalue weighted by Gasteiger charge is -2.23. The molecule has 2 atom stereocenters. The van der Waals surface area contributed by atoms with Gasteiger partial charge in [-0.15, -0.1) is 0 Å². The normalized spacial score (nSPS) is 22.4. The second-order valence-corrected chi connectivity index (χ2v) is 7.56. The summed E-state index contributed by atoms with van der Waals surface area (Å²) in [5.74, 6) is 0.284. The molecule has 1 aromatic carbocycles. The standard InChI is InChI=1S/C21H24N2O5/c1-21(16-8-7-14-4-2-5-15(14)10-16)19(25)23(20(26)22-21)11-17(24)12-27-13-18-6-3-9-28-18/h3,6-10,17,24H,2,4-5,11-13H2,1H3,(H,22,26). The average molecular weight is 384 g/mol. The number of aliphatic hydroxyl groups is 1. The minimum absolute atomic E-state index is 0.00663. The van der Waals surface area contributed by atoms with Gasteiger partial charge < -0.3 is 19.6 Å². The van der Waals surface area contributed by atoms with E-state index in [1.807, 2.05) is 18.2 Å². The second kappa shape index (κ2) is 7.41. The Bertz CT molecular complexity index is 879. The zero-order valence-electron chi connectivity index (χ0n) is 15.8. The van der Waals surface area contributed by atoms with E-state index in [0.29, 0.717) is 5.76 Å². The van der Waals surface area contributed by atoms with Gasteiger partial charge in [-0.1, -0.05) is 18.2 Å². The number of fused-ring (bicyclic) bond motifs is 1. The first-order chi connectivity index (χ1) is 13.5. The van der Waals surface area contributed by atoms with Gasteiger partial charge in [0.05, 0.1) is 25.5 Å². The number of imide groups is 1. The van der Waals surface area contributed by atoms with Crippen LogP contribution in [0.25, 0.3) is 0 Å². The zero-order valence-corrected chi connectivity index (χ0v) is 15.8.